The van der Waals surface area contributed by atoms with Gasteiger partial charge in [0.15, 0.2) is 5.76 Å². The lowest BCUT2D eigenvalue weighted by molar-refractivity contribution is 0.101. The number of carbonyl (C=O) groups excluding carboxylic acids is 1. The molecule has 4 aromatic rings. The first-order chi connectivity index (χ1) is 11.7. The summed E-state index contributed by atoms with van der Waals surface area (Å²) in [5, 5.41) is 1.40. The molecule has 4 rings (SSSR count). The van der Waals surface area contributed by atoms with Crippen LogP contribution in [0.3, 0.4) is 0 Å². The molecule has 0 bridgehead atoms. The summed E-state index contributed by atoms with van der Waals surface area (Å²) in [6.45, 7) is 0. The number of halogens is 1. The Morgan fingerprint density at radius 2 is 1.92 bits per heavy atom. The maximum Gasteiger partial charge on any atom is 0.230 e. The number of aromatic amines is 1. The molecule has 3 nitrogen and oxygen atoms in total. The molecule has 118 valence electrons. The molecule has 0 aliphatic carbocycles. The highest BCUT2D eigenvalue weighted by atomic mass is 35.5. The Morgan fingerprint density at radius 3 is 2.75 bits per heavy atom. The minimum absolute atomic E-state index is 0.139. The zero-order valence-corrected chi connectivity index (χ0v) is 13.5. The fraction of sp³-hybridized carbons (Fsp3) is 0.0500. The number of furan rings is 1. The standard InChI is InChI=1S/C20H14ClNO2/c21-15-6-7-18-16(11-15)17(12-22-18)19(23)20-14(8-9-24-20)10-13-4-2-1-3-5-13/h1-9,11-12,22H,10H2. The first kappa shape index (κ1) is 14.8. The van der Waals surface area contributed by atoms with Crippen molar-refractivity contribution in [2.45, 2.75) is 6.42 Å². The predicted molar refractivity (Wildman–Crippen MR) is 94.7 cm³/mol. The van der Waals surface area contributed by atoms with Crippen molar-refractivity contribution in [1.29, 1.82) is 0 Å². The number of aromatic nitrogens is 1. The summed E-state index contributed by atoms with van der Waals surface area (Å²) in [6, 6.07) is 17.3. The molecular formula is C20H14ClNO2. The molecule has 0 saturated heterocycles. The summed E-state index contributed by atoms with van der Waals surface area (Å²) >= 11 is 6.07. The number of nitrogens with one attached hydrogen (secondary N) is 1. The number of H-pyrrole nitrogens is 1. The Hall–Kier alpha value is -2.78. The minimum Gasteiger partial charge on any atom is -0.461 e. The molecule has 0 spiro atoms. The highest BCUT2D eigenvalue weighted by Crippen LogP contribution is 2.26. The number of hydrogen-bond acceptors (Lipinski definition) is 2. The van der Waals surface area contributed by atoms with Crippen LogP contribution in [-0.4, -0.2) is 10.8 Å². The average Bonchev–Trinajstić information content (AvgIpc) is 3.22. The number of ketones is 1. The van der Waals surface area contributed by atoms with Gasteiger partial charge >= 0.3 is 0 Å². The van der Waals surface area contributed by atoms with Gasteiger partial charge in [0.05, 0.1) is 11.8 Å². The molecule has 0 aliphatic heterocycles. The molecule has 24 heavy (non-hydrogen) atoms. The van der Waals surface area contributed by atoms with E-state index in [9.17, 15) is 4.79 Å². The Labute approximate surface area is 143 Å². The molecular weight excluding hydrogens is 322 g/mol. The average molecular weight is 336 g/mol. The van der Waals surface area contributed by atoms with E-state index in [1.165, 1.54) is 0 Å². The van der Waals surface area contributed by atoms with Crippen LogP contribution in [0.15, 0.2) is 71.5 Å². The van der Waals surface area contributed by atoms with Crippen LogP contribution in [0.4, 0.5) is 0 Å². The zero-order valence-electron chi connectivity index (χ0n) is 12.8. The van der Waals surface area contributed by atoms with Crippen molar-refractivity contribution in [2.75, 3.05) is 0 Å². The number of carbonyl (C=O) groups is 1. The number of rotatable bonds is 4. The highest BCUT2D eigenvalue weighted by molar-refractivity contribution is 6.31. The summed E-state index contributed by atoms with van der Waals surface area (Å²) < 4.78 is 5.51. The Balaban J connectivity index is 1.72. The normalized spacial score (nSPS) is 11.0. The summed E-state index contributed by atoms with van der Waals surface area (Å²) in [7, 11) is 0. The fourth-order valence-electron chi connectivity index (χ4n) is 2.89. The fourth-order valence-corrected chi connectivity index (χ4v) is 3.07. The molecule has 0 atom stereocenters. The van der Waals surface area contributed by atoms with Crippen LogP contribution in [0.1, 0.15) is 27.2 Å². The van der Waals surface area contributed by atoms with E-state index >= 15 is 0 Å². The number of hydrogen-bond donors (Lipinski definition) is 1. The third-order valence-corrected chi connectivity index (χ3v) is 4.31. The van der Waals surface area contributed by atoms with Crippen molar-refractivity contribution in [2.24, 2.45) is 0 Å². The van der Waals surface area contributed by atoms with Crippen LogP contribution >= 0.6 is 11.6 Å². The summed E-state index contributed by atoms with van der Waals surface area (Å²) in [5.74, 6) is 0.235. The van der Waals surface area contributed by atoms with E-state index in [1.807, 2.05) is 42.5 Å². The van der Waals surface area contributed by atoms with Gasteiger partial charge in [0.25, 0.3) is 0 Å². The van der Waals surface area contributed by atoms with E-state index in [0.29, 0.717) is 22.8 Å². The molecule has 0 aliphatic rings. The third-order valence-electron chi connectivity index (χ3n) is 4.08. The van der Waals surface area contributed by atoms with Crippen LogP contribution in [0, 0.1) is 0 Å². The lowest BCUT2D eigenvalue weighted by Crippen LogP contribution is -2.03. The van der Waals surface area contributed by atoms with E-state index in [2.05, 4.69) is 4.98 Å². The van der Waals surface area contributed by atoms with Crippen LogP contribution in [0.25, 0.3) is 10.9 Å². The van der Waals surface area contributed by atoms with Gasteiger partial charge in [0, 0.05) is 34.1 Å². The molecule has 2 aromatic heterocycles. The number of fused-ring (bicyclic) bond motifs is 1. The van der Waals surface area contributed by atoms with Crippen LogP contribution in [0.5, 0.6) is 0 Å². The third kappa shape index (κ3) is 2.63. The molecule has 4 heteroatoms. The van der Waals surface area contributed by atoms with E-state index in [4.69, 9.17) is 16.0 Å². The largest absolute Gasteiger partial charge is 0.461 e. The molecule has 2 heterocycles. The van der Waals surface area contributed by atoms with Crippen molar-refractivity contribution < 1.29 is 9.21 Å². The summed E-state index contributed by atoms with van der Waals surface area (Å²) in [6.07, 6.45) is 3.92. The van der Waals surface area contributed by atoms with Gasteiger partial charge in [-0.05, 0) is 29.8 Å². The van der Waals surface area contributed by atoms with E-state index in [-0.39, 0.29) is 5.78 Å². The molecule has 2 aromatic carbocycles. The second-order valence-electron chi connectivity index (χ2n) is 5.66. The van der Waals surface area contributed by atoms with Gasteiger partial charge in [-0.15, -0.1) is 0 Å². The van der Waals surface area contributed by atoms with E-state index < -0.39 is 0 Å². The van der Waals surface area contributed by atoms with Gasteiger partial charge < -0.3 is 9.40 Å². The maximum atomic E-state index is 12.9. The monoisotopic (exact) mass is 335 g/mol. The number of benzene rings is 2. The van der Waals surface area contributed by atoms with E-state index in [0.717, 1.165) is 22.0 Å². The molecule has 1 N–H and O–H groups in total. The van der Waals surface area contributed by atoms with Gasteiger partial charge in [-0.2, -0.15) is 0 Å². The first-order valence-corrected chi connectivity index (χ1v) is 8.02. The molecule has 0 unspecified atom stereocenters. The topological polar surface area (TPSA) is 46.0 Å². The van der Waals surface area contributed by atoms with Gasteiger partial charge in [-0.3, -0.25) is 4.79 Å². The summed E-state index contributed by atoms with van der Waals surface area (Å²) in [5.41, 5.74) is 3.45. The maximum absolute atomic E-state index is 12.9. The zero-order chi connectivity index (χ0) is 16.5. The molecule has 0 amide bonds. The molecule has 0 radical (unpaired) electrons. The summed E-state index contributed by atoms with van der Waals surface area (Å²) in [4.78, 5) is 16.1. The molecule has 0 saturated carbocycles. The lowest BCUT2D eigenvalue weighted by atomic mass is 10.0. The molecule has 0 fully saturated rings. The Morgan fingerprint density at radius 1 is 1.08 bits per heavy atom. The van der Waals surface area contributed by atoms with Gasteiger partial charge in [0.1, 0.15) is 0 Å². The van der Waals surface area contributed by atoms with E-state index in [1.54, 1.807) is 24.6 Å². The second-order valence-corrected chi connectivity index (χ2v) is 6.10. The Bertz CT molecular complexity index is 1010. The van der Waals surface area contributed by atoms with Gasteiger partial charge in [0.2, 0.25) is 5.78 Å². The van der Waals surface area contributed by atoms with Gasteiger partial charge in [-0.1, -0.05) is 41.9 Å². The van der Waals surface area contributed by atoms with Crippen LogP contribution < -0.4 is 0 Å². The van der Waals surface area contributed by atoms with Crippen LogP contribution in [0.2, 0.25) is 5.02 Å². The van der Waals surface area contributed by atoms with Crippen molar-refractivity contribution in [3.8, 4) is 0 Å². The quantitative estimate of drug-likeness (QED) is 0.519. The van der Waals surface area contributed by atoms with Crippen LogP contribution in [-0.2, 0) is 6.42 Å². The second kappa shape index (κ2) is 6.02. The van der Waals surface area contributed by atoms with Crippen molar-refractivity contribution in [3.05, 3.63) is 94.5 Å². The van der Waals surface area contributed by atoms with Gasteiger partial charge in [-0.25, -0.2) is 0 Å². The predicted octanol–water partition coefficient (Wildman–Crippen LogP) is 5.24. The van der Waals surface area contributed by atoms with Crippen molar-refractivity contribution in [1.82, 2.24) is 4.98 Å². The first-order valence-electron chi connectivity index (χ1n) is 7.64. The minimum atomic E-state index is -0.139. The smallest absolute Gasteiger partial charge is 0.230 e. The Kier molecular flexibility index (Phi) is 3.71. The SMILES string of the molecule is O=C(c1occc1Cc1ccccc1)c1c[nH]c2ccc(Cl)cc12. The van der Waals surface area contributed by atoms with Crippen molar-refractivity contribution in [3.63, 3.8) is 0 Å². The van der Waals surface area contributed by atoms with Crippen molar-refractivity contribution >= 4 is 28.3 Å². The highest BCUT2D eigenvalue weighted by Gasteiger charge is 2.20. The lowest BCUT2D eigenvalue weighted by Gasteiger charge is -2.02.